The molecule has 1 amide bonds. The van der Waals surface area contributed by atoms with Gasteiger partial charge in [0, 0.05) is 10.5 Å². The molecule has 6 heteroatoms. The van der Waals surface area contributed by atoms with E-state index in [0.29, 0.717) is 29.1 Å². The number of nitrogens with one attached hydrogen (secondary N) is 2. The summed E-state index contributed by atoms with van der Waals surface area (Å²) in [6.07, 6.45) is 11.8. The lowest BCUT2D eigenvalue weighted by Crippen LogP contribution is -2.44. The maximum absolute atomic E-state index is 12.7. The van der Waals surface area contributed by atoms with E-state index in [-0.39, 0.29) is 5.91 Å². The van der Waals surface area contributed by atoms with E-state index in [1.54, 1.807) is 6.07 Å². The molecule has 0 spiro atoms. The standard InChI is InChI=1S/C21H31BrN2O2S/c1-2-3-4-9-14-26-19-13-12-16(22)15-18(19)20(25)24-21(27)23-17-10-7-5-6-8-11-17/h12-13,15,17H,2-11,14H2,1H3,(H2,23,24,25,27). The van der Waals surface area contributed by atoms with Gasteiger partial charge in [0.15, 0.2) is 5.11 Å². The van der Waals surface area contributed by atoms with Crippen molar-refractivity contribution in [1.29, 1.82) is 0 Å². The average Bonchev–Trinajstić information content (AvgIpc) is 2.91. The molecule has 1 aromatic carbocycles. The summed E-state index contributed by atoms with van der Waals surface area (Å²) in [7, 11) is 0. The molecule has 27 heavy (non-hydrogen) atoms. The average molecular weight is 455 g/mol. The summed E-state index contributed by atoms with van der Waals surface area (Å²) in [4.78, 5) is 12.7. The summed E-state index contributed by atoms with van der Waals surface area (Å²) >= 11 is 8.81. The van der Waals surface area contributed by atoms with Crippen molar-refractivity contribution in [3.8, 4) is 5.75 Å². The fraction of sp³-hybridized carbons (Fsp3) is 0.619. The molecule has 150 valence electrons. The normalized spacial score (nSPS) is 15.0. The van der Waals surface area contributed by atoms with E-state index in [4.69, 9.17) is 17.0 Å². The summed E-state index contributed by atoms with van der Waals surface area (Å²) in [6, 6.07) is 5.86. The van der Waals surface area contributed by atoms with E-state index in [0.717, 1.165) is 30.2 Å². The maximum Gasteiger partial charge on any atom is 0.261 e. The van der Waals surface area contributed by atoms with E-state index in [1.165, 1.54) is 38.5 Å². The number of ether oxygens (including phenoxy) is 1. The van der Waals surface area contributed by atoms with Crippen LogP contribution < -0.4 is 15.4 Å². The second-order valence-electron chi connectivity index (χ2n) is 7.17. The van der Waals surface area contributed by atoms with Crippen molar-refractivity contribution in [3.05, 3.63) is 28.2 Å². The van der Waals surface area contributed by atoms with Crippen molar-refractivity contribution in [2.24, 2.45) is 0 Å². The minimum Gasteiger partial charge on any atom is -0.493 e. The largest absolute Gasteiger partial charge is 0.493 e. The van der Waals surface area contributed by atoms with Crippen molar-refractivity contribution in [1.82, 2.24) is 10.6 Å². The lowest BCUT2D eigenvalue weighted by Gasteiger charge is -2.19. The topological polar surface area (TPSA) is 50.4 Å². The van der Waals surface area contributed by atoms with Gasteiger partial charge in [-0.05, 0) is 49.7 Å². The number of carbonyl (C=O) groups is 1. The number of rotatable bonds is 8. The second kappa shape index (κ2) is 12.3. The first kappa shape index (κ1) is 22.2. The fourth-order valence-electron chi connectivity index (χ4n) is 3.33. The maximum atomic E-state index is 12.7. The quantitative estimate of drug-likeness (QED) is 0.298. The number of hydrogen-bond donors (Lipinski definition) is 2. The molecule has 0 unspecified atom stereocenters. The molecule has 2 N–H and O–H groups in total. The molecule has 1 aliphatic carbocycles. The molecular formula is C21H31BrN2O2S. The van der Waals surface area contributed by atoms with Crippen LogP contribution in [0.3, 0.4) is 0 Å². The molecule has 1 aromatic rings. The Bertz CT molecular complexity index is 616. The highest BCUT2D eigenvalue weighted by atomic mass is 79.9. The van der Waals surface area contributed by atoms with Crippen molar-refractivity contribution >= 4 is 39.2 Å². The van der Waals surface area contributed by atoms with E-state index in [9.17, 15) is 4.79 Å². The second-order valence-corrected chi connectivity index (χ2v) is 8.49. The van der Waals surface area contributed by atoms with Gasteiger partial charge in [-0.1, -0.05) is 67.8 Å². The van der Waals surface area contributed by atoms with E-state index in [2.05, 4.69) is 33.5 Å². The first-order valence-corrected chi connectivity index (χ1v) is 11.3. The van der Waals surface area contributed by atoms with Crippen LogP contribution in [0, 0.1) is 0 Å². The van der Waals surface area contributed by atoms with Crippen LogP contribution in [-0.2, 0) is 0 Å². The van der Waals surface area contributed by atoms with E-state index >= 15 is 0 Å². The Kier molecular flexibility index (Phi) is 10.1. The molecule has 1 saturated carbocycles. The van der Waals surface area contributed by atoms with Gasteiger partial charge in [0.2, 0.25) is 0 Å². The van der Waals surface area contributed by atoms with Crippen LogP contribution in [0.1, 0.15) is 81.5 Å². The Hall–Kier alpha value is -1.14. The van der Waals surface area contributed by atoms with Crippen LogP contribution in [0.2, 0.25) is 0 Å². The van der Waals surface area contributed by atoms with Gasteiger partial charge in [0.05, 0.1) is 12.2 Å². The summed E-state index contributed by atoms with van der Waals surface area (Å²) in [5.41, 5.74) is 0.505. The van der Waals surface area contributed by atoms with Gasteiger partial charge in [-0.25, -0.2) is 0 Å². The lowest BCUT2D eigenvalue weighted by atomic mass is 10.1. The van der Waals surface area contributed by atoms with Gasteiger partial charge in [-0.2, -0.15) is 0 Å². The van der Waals surface area contributed by atoms with Crippen LogP contribution in [0.5, 0.6) is 5.75 Å². The smallest absolute Gasteiger partial charge is 0.261 e. The van der Waals surface area contributed by atoms with Gasteiger partial charge in [0.1, 0.15) is 5.75 Å². The van der Waals surface area contributed by atoms with Crippen molar-refractivity contribution in [2.45, 2.75) is 77.2 Å². The third-order valence-corrected chi connectivity index (χ3v) is 5.57. The van der Waals surface area contributed by atoms with Crippen LogP contribution >= 0.6 is 28.1 Å². The monoisotopic (exact) mass is 454 g/mol. The number of carbonyl (C=O) groups excluding carboxylic acids is 1. The number of benzene rings is 1. The summed E-state index contributed by atoms with van der Waals surface area (Å²) < 4.78 is 6.70. The molecule has 1 fully saturated rings. The Balaban J connectivity index is 1.91. The first-order valence-electron chi connectivity index (χ1n) is 10.1. The van der Waals surface area contributed by atoms with Crippen molar-refractivity contribution < 1.29 is 9.53 Å². The number of halogens is 1. The first-order chi connectivity index (χ1) is 13.1. The highest BCUT2D eigenvalue weighted by molar-refractivity contribution is 9.10. The summed E-state index contributed by atoms with van der Waals surface area (Å²) in [5, 5.41) is 6.53. The van der Waals surface area contributed by atoms with Gasteiger partial charge in [-0.15, -0.1) is 0 Å². The molecule has 0 aliphatic heterocycles. The fourth-order valence-corrected chi connectivity index (χ4v) is 3.95. The SMILES string of the molecule is CCCCCCOc1ccc(Br)cc1C(=O)NC(=S)NC1CCCCCC1. The third kappa shape index (κ3) is 8.18. The highest BCUT2D eigenvalue weighted by Gasteiger charge is 2.17. The summed E-state index contributed by atoms with van der Waals surface area (Å²) in [6.45, 7) is 2.80. The molecule has 0 saturated heterocycles. The lowest BCUT2D eigenvalue weighted by molar-refractivity contribution is 0.0972. The summed E-state index contributed by atoms with van der Waals surface area (Å²) in [5.74, 6) is 0.371. The molecule has 1 aliphatic rings. The zero-order valence-corrected chi connectivity index (χ0v) is 18.6. The van der Waals surface area contributed by atoms with E-state index < -0.39 is 0 Å². The zero-order valence-electron chi connectivity index (χ0n) is 16.2. The van der Waals surface area contributed by atoms with Crippen LogP contribution in [-0.4, -0.2) is 23.7 Å². The minimum atomic E-state index is -0.231. The van der Waals surface area contributed by atoms with Gasteiger partial charge >= 0.3 is 0 Å². The molecule has 0 heterocycles. The molecule has 0 radical (unpaired) electrons. The van der Waals surface area contributed by atoms with Crippen LogP contribution in [0.15, 0.2) is 22.7 Å². The molecular weight excluding hydrogens is 424 g/mol. The van der Waals surface area contributed by atoms with Crippen LogP contribution in [0.25, 0.3) is 0 Å². The van der Waals surface area contributed by atoms with Gasteiger partial charge in [0.25, 0.3) is 5.91 Å². The molecule has 0 bridgehead atoms. The number of hydrogen-bond acceptors (Lipinski definition) is 3. The van der Waals surface area contributed by atoms with Gasteiger partial charge < -0.3 is 10.1 Å². The number of amides is 1. The molecule has 4 nitrogen and oxygen atoms in total. The van der Waals surface area contributed by atoms with Crippen LogP contribution in [0.4, 0.5) is 0 Å². The Morgan fingerprint density at radius 1 is 1.19 bits per heavy atom. The zero-order chi connectivity index (χ0) is 19.5. The molecule has 0 aromatic heterocycles. The van der Waals surface area contributed by atoms with Gasteiger partial charge in [-0.3, -0.25) is 10.1 Å². The Morgan fingerprint density at radius 2 is 1.93 bits per heavy atom. The Morgan fingerprint density at radius 3 is 2.63 bits per heavy atom. The minimum absolute atomic E-state index is 0.231. The molecule has 2 rings (SSSR count). The number of unbranched alkanes of at least 4 members (excludes halogenated alkanes) is 3. The Labute approximate surface area is 177 Å². The number of thiocarbonyl (C=S) groups is 1. The van der Waals surface area contributed by atoms with Crippen molar-refractivity contribution in [3.63, 3.8) is 0 Å². The highest BCUT2D eigenvalue weighted by Crippen LogP contribution is 2.24. The van der Waals surface area contributed by atoms with E-state index in [1.807, 2.05) is 12.1 Å². The predicted molar refractivity (Wildman–Crippen MR) is 118 cm³/mol. The van der Waals surface area contributed by atoms with Crippen molar-refractivity contribution in [2.75, 3.05) is 6.61 Å². The molecule has 0 atom stereocenters. The predicted octanol–water partition coefficient (Wildman–Crippen LogP) is 5.74. The third-order valence-electron chi connectivity index (χ3n) is 4.86.